The SMILES string of the molecule is CCC(NCCC(=O)NC(C)C)C1CCCCC1. The second-order valence-electron chi connectivity index (χ2n) is 5.84. The van der Waals surface area contributed by atoms with Crippen molar-refractivity contribution in [1.82, 2.24) is 10.6 Å². The first kappa shape index (κ1) is 15.5. The quantitative estimate of drug-likeness (QED) is 0.733. The van der Waals surface area contributed by atoms with Crippen molar-refractivity contribution in [1.29, 1.82) is 0 Å². The molecule has 1 saturated carbocycles. The topological polar surface area (TPSA) is 41.1 Å². The van der Waals surface area contributed by atoms with Crippen LogP contribution in [0.25, 0.3) is 0 Å². The van der Waals surface area contributed by atoms with E-state index in [1.165, 1.54) is 38.5 Å². The highest BCUT2D eigenvalue weighted by molar-refractivity contribution is 5.76. The van der Waals surface area contributed by atoms with Crippen LogP contribution in [0.2, 0.25) is 0 Å². The summed E-state index contributed by atoms with van der Waals surface area (Å²) < 4.78 is 0. The molecule has 0 spiro atoms. The molecule has 0 aliphatic heterocycles. The van der Waals surface area contributed by atoms with Crippen LogP contribution in [0.15, 0.2) is 0 Å². The molecule has 3 heteroatoms. The van der Waals surface area contributed by atoms with Gasteiger partial charge in [-0.25, -0.2) is 0 Å². The average molecular weight is 254 g/mol. The number of carbonyl (C=O) groups is 1. The molecule has 1 rings (SSSR count). The van der Waals surface area contributed by atoms with Gasteiger partial charge in [0.2, 0.25) is 5.91 Å². The van der Waals surface area contributed by atoms with E-state index in [2.05, 4.69) is 17.6 Å². The van der Waals surface area contributed by atoms with Gasteiger partial charge in [0.1, 0.15) is 0 Å². The van der Waals surface area contributed by atoms with Crippen LogP contribution >= 0.6 is 0 Å². The van der Waals surface area contributed by atoms with E-state index in [0.29, 0.717) is 12.5 Å². The lowest BCUT2D eigenvalue weighted by Crippen LogP contribution is -2.39. The molecule has 1 unspecified atom stereocenters. The minimum atomic E-state index is 0.163. The molecule has 1 amide bonds. The van der Waals surface area contributed by atoms with Crippen molar-refractivity contribution >= 4 is 5.91 Å². The number of amides is 1. The van der Waals surface area contributed by atoms with Gasteiger partial charge in [0.05, 0.1) is 0 Å². The summed E-state index contributed by atoms with van der Waals surface area (Å²) in [6, 6.07) is 0.856. The Kier molecular flexibility index (Phi) is 7.33. The number of carbonyl (C=O) groups excluding carboxylic acids is 1. The first-order chi connectivity index (χ1) is 8.63. The molecule has 0 saturated heterocycles. The summed E-state index contributed by atoms with van der Waals surface area (Å²) in [5.74, 6) is 0.993. The second kappa shape index (κ2) is 8.52. The fourth-order valence-corrected chi connectivity index (χ4v) is 2.95. The summed E-state index contributed by atoms with van der Waals surface area (Å²) in [7, 11) is 0. The van der Waals surface area contributed by atoms with E-state index >= 15 is 0 Å². The molecule has 18 heavy (non-hydrogen) atoms. The zero-order chi connectivity index (χ0) is 13.4. The molecule has 0 aromatic rings. The van der Waals surface area contributed by atoms with Gasteiger partial charge in [-0.05, 0) is 39.0 Å². The third-order valence-corrected chi connectivity index (χ3v) is 3.87. The van der Waals surface area contributed by atoms with Crippen LogP contribution in [0.3, 0.4) is 0 Å². The lowest BCUT2D eigenvalue weighted by Gasteiger charge is -2.30. The monoisotopic (exact) mass is 254 g/mol. The van der Waals surface area contributed by atoms with E-state index in [9.17, 15) is 4.79 Å². The molecular weight excluding hydrogens is 224 g/mol. The predicted octanol–water partition coefficient (Wildman–Crippen LogP) is 2.85. The van der Waals surface area contributed by atoms with Gasteiger partial charge >= 0.3 is 0 Å². The number of nitrogens with one attached hydrogen (secondary N) is 2. The van der Waals surface area contributed by atoms with E-state index in [-0.39, 0.29) is 11.9 Å². The second-order valence-corrected chi connectivity index (χ2v) is 5.84. The van der Waals surface area contributed by atoms with Gasteiger partial charge in [-0.15, -0.1) is 0 Å². The lowest BCUT2D eigenvalue weighted by molar-refractivity contribution is -0.121. The van der Waals surface area contributed by atoms with Crippen LogP contribution in [0.1, 0.15) is 65.7 Å². The van der Waals surface area contributed by atoms with E-state index in [1.54, 1.807) is 0 Å². The molecule has 0 aromatic carbocycles. The van der Waals surface area contributed by atoms with Gasteiger partial charge in [0.25, 0.3) is 0 Å². The molecule has 0 radical (unpaired) electrons. The summed E-state index contributed by atoms with van der Waals surface area (Å²) in [6.07, 6.45) is 8.68. The lowest BCUT2D eigenvalue weighted by atomic mass is 9.83. The highest BCUT2D eigenvalue weighted by Crippen LogP contribution is 2.27. The van der Waals surface area contributed by atoms with Gasteiger partial charge in [-0.2, -0.15) is 0 Å². The molecule has 1 fully saturated rings. The largest absolute Gasteiger partial charge is 0.354 e. The summed E-state index contributed by atoms with van der Waals surface area (Å²) in [5, 5.41) is 6.52. The summed E-state index contributed by atoms with van der Waals surface area (Å²) >= 11 is 0. The zero-order valence-electron chi connectivity index (χ0n) is 12.3. The van der Waals surface area contributed by atoms with Crippen molar-refractivity contribution in [2.75, 3.05) is 6.54 Å². The number of rotatable bonds is 7. The summed E-state index contributed by atoms with van der Waals surface area (Å²) in [5.41, 5.74) is 0. The molecule has 2 N–H and O–H groups in total. The van der Waals surface area contributed by atoms with Crippen molar-refractivity contribution < 1.29 is 4.79 Å². The third-order valence-electron chi connectivity index (χ3n) is 3.87. The molecule has 106 valence electrons. The number of hydrogen-bond donors (Lipinski definition) is 2. The van der Waals surface area contributed by atoms with Gasteiger partial charge in [-0.3, -0.25) is 4.79 Å². The zero-order valence-corrected chi connectivity index (χ0v) is 12.3. The first-order valence-corrected chi connectivity index (χ1v) is 7.66. The highest BCUT2D eigenvalue weighted by Gasteiger charge is 2.21. The molecular formula is C15H30N2O. The van der Waals surface area contributed by atoms with Crippen LogP contribution in [0.4, 0.5) is 0 Å². The Morgan fingerprint density at radius 3 is 2.44 bits per heavy atom. The Bertz CT molecular complexity index is 235. The van der Waals surface area contributed by atoms with Crippen LogP contribution in [0.5, 0.6) is 0 Å². The maximum Gasteiger partial charge on any atom is 0.221 e. The van der Waals surface area contributed by atoms with Crippen LogP contribution in [-0.2, 0) is 4.79 Å². The number of hydrogen-bond acceptors (Lipinski definition) is 2. The molecule has 0 aromatic heterocycles. The Balaban J connectivity index is 2.20. The highest BCUT2D eigenvalue weighted by atomic mass is 16.1. The first-order valence-electron chi connectivity index (χ1n) is 7.66. The van der Waals surface area contributed by atoms with Crippen LogP contribution < -0.4 is 10.6 Å². The Hall–Kier alpha value is -0.570. The molecule has 0 heterocycles. The molecule has 1 aliphatic rings. The van der Waals surface area contributed by atoms with E-state index in [1.807, 2.05) is 13.8 Å². The minimum absolute atomic E-state index is 0.163. The average Bonchev–Trinajstić information content (AvgIpc) is 2.35. The molecule has 1 aliphatic carbocycles. The maximum absolute atomic E-state index is 11.5. The predicted molar refractivity (Wildman–Crippen MR) is 76.6 cm³/mol. The third kappa shape index (κ3) is 5.85. The van der Waals surface area contributed by atoms with Gasteiger partial charge in [0.15, 0.2) is 0 Å². The van der Waals surface area contributed by atoms with Gasteiger partial charge < -0.3 is 10.6 Å². The normalized spacial score (nSPS) is 18.9. The Morgan fingerprint density at radius 2 is 1.89 bits per heavy atom. The van der Waals surface area contributed by atoms with Crippen molar-refractivity contribution in [3.63, 3.8) is 0 Å². The van der Waals surface area contributed by atoms with E-state index < -0.39 is 0 Å². The summed E-state index contributed by atoms with van der Waals surface area (Å²) in [4.78, 5) is 11.5. The van der Waals surface area contributed by atoms with Crippen LogP contribution in [0, 0.1) is 5.92 Å². The smallest absolute Gasteiger partial charge is 0.221 e. The Morgan fingerprint density at radius 1 is 1.22 bits per heavy atom. The van der Waals surface area contributed by atoms with Crippen molar-refractivity contribution in [3.8, 4) is 0 Å². The summed E-state index contributed by atoms with van der Waals surface area (Å²) in [6.45, 7) is 7.07. The minimum Gasteiger partial charge on any atom is -0.354 e. The van der Waals surface area contributed by atoms with Crippen molar-refractivity contribution in [3.05, 3.63) is 0 Å². The van der Waals surface area contributed by atoms with Gasteiger partial charge in [-0.1, -0.05) is 26.2 Å². The standard InChI is InChI=1S/C15H30N2O/c1-4-14(13-8-6-5-7-9-13)16-11-10-15(18)17-12(2)3/h12-14,16H,4-11H2,1-3H3,(H,17,18). The van der Waals surface area contributed by atoms with E-state index in [4.69, 9.17) is 0 Å². The maximum atomic E-state index is 11.5. The fraction of sp³-hybridized carbons (Fsp3) is 0.933. The molecule has 3 nitrogen and oxygen atoms in total. The fourth-order valence-electron chi connectivity index (χ4n) is 2.95. The van der Waals surface area contributed by atoms with Crippen molar-refractivity contribution in [2.24, 2.45) is 5.92 Å². The van der Waals surface area contributed by atoms with Gasteiger partial charge in [0, 0.05) is 25.0 Å². The Labute approximate surface area is 112 Å². The van der Waals surface area contributed by atoms with E-state index in [0.717, 1.165) is 12.5 Å². The van der Waals surface area contributed by atoms with Crippen molar-refractivity contribution in [2.45, 2.75) is 77.8 Å². The molecule has 1 atom stereocenters. The molecule has 0 bridgehead atoms. The van der Waals surface area contributed by atoms with Crippen LogP contribution in [-0.4, -0.2) is 24.5 Å².